The fourth-order valence-electron chi connectivity index (χ4n) is 1.18. The number of epoxide rings is 1. The van der Waals surface area contributed by atoms with Crippen molar-refractivity contribution >= 4 is 0 Å². The predicted octanol–water partition coefficient (Wildman–Crippen LogP) is 1.91. The summed E-state index contributed by atoms with van der Waals surface area (Å²) >= 11 is 0. The van der Waals surface area contributed by atoms with Crippen LogP contribution in [0.5, 0.6) is 5.75 Å². The van der Waals surface area contributed by atoms with Crippen LogP contribution in [0.2, 0.25) is 0 Å². The second kappa shape index (κ2) is 2.75. The minimum absolute atomic E-state index is 0.0376. The molecule has 1 aliphatic rings. The second-order valence-corrected chi connectivity index (χ2v) is 2.71. The summed E-state index contributed by atoms with van der Waals surface area (Å²) in [5, 5.41) is 0. The zero-order chi connectivity index (χ0) is 8.55. The van der Waals surface area contributed by atoms with Gasteiger partial charge in [-0.05, 0) is 18.2 Å². The van der Waals surface area contributed by atoms with E-state index in [0.29, 0.717) is 12.4 Å². The summed E-state index contributed by atoms with van der Waals surface area (Å²) in [5.74, 6) is 0.445. The largest absolute Gasteiger partial charge is 0.496 e. The molecular weight excluding hydrogens is 159 g/mol. The first-order chi connectivity index (χ1) is 5.81. The van der Waals surface area contributed by atoms with Gasteiger partial charge in [-0.2, -0.15) is 0 Å². The minimum Gasteiger partial charge on any atom is -0.496 e. The average Bonchev–Trinajstić information content (AvgIpc) is 2.87. The summed E-state index contributed by atoms with van der Waals surface area (Å²) in [6.07, 6.45) is 0.0376. The van der Waals surface area contributed by atoms with Gasteiger partial charge in [-0.25, -0.2) is 4.39 Å². The topological polar surface area (TPSA) is 21.8 Å². The fraction of sp³-hybridized carbons (Fsp3) is 0.333. The Labute approximate surface area is 69.9 Å². The van der Waals surface area contributed by atoms with Crippen molar-refractivity contribution in [3.05, 3.63) is 29.6 Å². The van der Waals surface area contributed by atoms with E-state index < -0.39 is 0 Å². The van der Waals surface area contributed by atoms with Crippen molar-refractivity contribution < 1.29 is 13.9 Å². The monoisotopic (exact) mass is 168 g/mol. The van der Waals surface area contributed by atoms with E-state index in [9.17, 15) is 4.39 Å². The minimum atomic E-state index is -0.249. The highest BCUT2D eigenvalue weighted by molar-refractivity contribution is 5.37. The lowest BCUT2D eigenvalue weighted by molar-refractivity contribution is 0.381. The number of hydrogen-bond acceptors (Lipinski definition) is 2. The molecule has 1 aliphatic heterocycles. The highest BCUT2D eigenvalue weighted by Gasteiger charge is 2.28. The van der Waals surface area contributed by atoms with Gasteiger partial charge in [-0.1, -0.05) is 0 Å². The maximum atomic E-state index is 12.8. The molecule has 64 valence electrons. The predicted molar refractivity (Wildman–Crippen MR) is 41.6 cm³/mol. The molecule has 0 aliphatic carbocycles. The molecule has 0 bridgehead atoms. The van der Waals surface area contributed by atoms with Crippen LogP contribution in [0.3, 0.4) is 0 Å². The van der Waals surface area contributed by atoms with Crippen LogP contribution in [0.15, 0.2) is 18.2 Å². The van der Waals surface area contributed by atoms with E-state index in [1.165, 1.54) is 12.1 Å². The van der Waals surface area contributed by atoms with Gasteiger partial charge >= 0.3 is 0 Å². The zero-order valence-electron chi connectivity index (χ0n) is 6.71. The third-order valence-electron chi connectivity index (χ3n) is 1.87. The van der Waals surface area contributed by atoms with Gasteiger partial charge in [0, 0.05) is 5.56 Å². The first-order valence-electron chi connectivity index (χ1n) is 3.76. The molecule has 0 N–H and O–H groups in total. The van der Waals surface area contributed by atoms with Gasteiger partial charge < -0.3 is 9.47 Å². The van der Waals surface area contributed by atoms with Gasteiger partial charge in [0.05, 0.1) is 13.7 Å². The Bertz CT molecular complexity index is 295. The fourth-order valence-corrected chi connectivity index (χ4v) is 1.18. The molecule has 1 heterocycles. The summed E-state index contributed by atoms with van der Waals surface area (Å²) in [7, 11) is 1.57. The summed E-state index contributed by atoms with van der Waals surface area (Å²) in [6, 6.07) is 4.45. The second-order valence-electron chi connectivity index (χ2n) is 2.71. The Hall–Kier alpha value is -1.09. The first-order valence-corrected chi connectivity index (χ1v) is 3.76. The van der Waals surface area contributed by atoms with Crippen molar-refractivity contribution in [3.8, 4) is 5.75 Å². The lowest BCUT2D eigenvalue weighted by Crippen LogP contribution is -1.91. The Morgan fingerprint density at radius 1 is 1.58 bits per heavy atom. The number of benzene rings is 1. The smallest absolute Gasteiger partial charge is 0.124 e. The van der Waals surface area contributed by atoms with Gasteiger partial charge in [0.25, 0.3) is 0 Å². The summed E-state index contributed by atoms with van der Waals surface area (Å²) in [6.45, 7) is 0.666. The Kier molecular flexibility index (Phi) is 1.73. The quantitative estimate of drug-likeness (QED) is 0.629. The number of ether oxygens (including phenoxy) is 2. The normalized spacial score (nSPS) is 20.7. The van der Waals surface area contributed by atoms with E-state index >= 15 is 0 Å². The number of rotatable bonds is 2. The van der Waals surface area contributed by atoms with E-state index in [1.807, 2.05) is 0 Å². The van der Waals surface area contributed by atoms with E-state index in [4.69, 9.17) is 9.47 Å². The molecule has 1 aromatic carbocycles. The summed E-state index contributed by atoms with van der Waals surface area (Å²) < 4.78 is 22.9. The molecule has 1 atom stereocenters. The molecular formula is C9H9FO2. The van der Waals surface area contributed by atoms with Crippen LogP contribution in [0.1, 0.15) is 11.7 Å². The van der Waals surface area contributed by atoms with E-state index in [-0.39, 0.29) is 11.9 Å². The third-order valence-corrected chi connectivity index (χ3v) is 1.87. The zero-order valence-corrected chi connectivity index (χ0v) is 6.71. The van der Waals surface area contributed by atoms with Gasteiger partial charge in [0.15, 0.2) is 0 Å². The van der Waals surface area contributed by atoms with Gasteiger partial charge in [0.2, 0.25) is 0 Å². The van der Waals surface area contributed by atoms with Crippen molar-refractivity contribution in [2.24, 2.45) is 0 Å². The lowest BCUT2D eigenvalue weighted by atomic mass is 10.1. The molecule has 1 fully saturated rings. The van der Waals surface area contributed by atoms with Crippen molar-refractivity contribution in [3.63, 3.8) is 0 Å². The van der Waals surface area contributed by atoms with E-state index in [2.05, 4.69) is 0 Å². The van der Waals surface area contributed by atoms with E-state index in [0.717, 1.165) is 5.56 Å². The number of halogens is 1. The Morgan fingerprint density at radius 3 is 2.92 bits per heavy atom. The van der Waals surface area contributed by atoms with Crippen LogP contribution in [-0.4, -0.2) is 13.7 Å². The molecule has 0 spiro atoms. The van der Waals surface area contributed by atoms with Crippen LogP contribution < -0.4 is 4.74 Å². The molecule has 12 heavy (non-hydrogen) atoms. The molecule has 0 unspecified atom stereocenters. The summed E-state index contributed by atoms with van der Waals surface area (Å²) in [4.78, 5) is 0. The maximum absolute atomic E-state index is 12.8. The molecule has 1 aromatic rings. The van der Waals surface area contributed by atoms with Gasteiger partial charge in [0.1, 0.15) is 17.7 Å². The third kappa shape index (κ3) is 1.28. The molecule has 0 aromatic heterocycles. The molecule has 0 amide bonds. The standard InChI is InChI=1S/C9H9FO2/c1-11-8-3-2-6(10)4-7(8)9-5-12-9/h2-4,9H,5H2,1H3/t9-/m1/s1. The van der Waals surface area contributed by atoms with Crippen LogP contribution in [-0.2, 0) is 4.74 Å². The Morgan fingerprint density at radius 2 is 2.33 bits per heavy atom. The van der Waals surface area contributed by atoms with E-state index in [1.54, 1.807) is 13.2 Å². The van der Waals surface area contributed by atoms with Crippen molar-refractivity contribution in [1.29, 1.82) is 0 Å². The molecule has 2 rings (SSSR count). The van der Waals surface area contributed by atoms with Crippen LogP contribution in [0.25, 0.3) is 0 Å². The lowest BCUT2D eigenvalue weighted by Gasteiger charge is -2.04. The van der Waals surface area contributed by atoms with Crippen LogP contribution in [0.4, 0.5) is 4.39 Å². The van der Waals surface area contributed by atoms with Crippen LogP contribution in [0, 0.1) is 5.82 Å². The number of hydrogen-bond donors (Lipinski definition) is 0. The number of methoxy groups -OCH3 is 1. The van der Waals surface area contributed by atoms with Crippen molar-refractivity contribution in [1.82, 2.24) is 0 Å². The van der Waals surface area contributed by atoms with Gasteiger partial charge in [-0.15, -0.1) is 0 Å². The molecule has 3 heteroatoms. The molecule has 0 saturated carbocycles. The van der Waals surface area contributed by atoms with Crippen molar-refractivity contribution in [2.75, 3.05) is 13.7 Å². The summed E-state index contributed by atoms with van der Waals surface area (Å²) in [5.41, 5.74) is 0.803. The average molecular weight is 168 g/mol. The van der Waals surface area contributed by atoms with Crippen LogP contribution >= 0.6 is 0 Å². The molecule has 2 nitrogen and oxygen atoms in total. The molecule has 1 saturated heterocycles. The van der Waals surface area contributed by atoms with Gasteiger partial charge in [-0.3, -0.25) is 0 Å². The first kappa shape index (κ1) is 7.55. The SMILES string of the molecule is COc1ccc(F)cc1[C@H]1CO1. The van der Waals surface area contributed by atoms with Crippen molar-refractivity contribution in [2.45, 2.75) is 6.10 Å². The highest BCUT2D eigenvalue weighted by Crippen LogP contribution is 2.36. The maximum Gasteiger partial charge on any atom is 0.124 e. The molecule has 0 radical (unpaired) electrons. The Balaban J connectivity index is 2.39. The highest BCUT2D eigenvalue weighted by atomic mass is 19.1.